The van der Waals surface area contributed by atoms with E-state index in [4.69, 9.17) is 17.8 Å². The van der Waals surface area contributed by atoms with E-state index in [1.54, 1.807) is 35.8 Å². The number of fused-ring (bicyclic) bond motifs is 1. The summed E-state index contributed by atoms with van der Waals surface area (Å²) in [7, 11) is 5.70. The third-order valence-corrected chi connectivity index (χ3v) is 2.64. The number of ether oxygens (including phenoxy) is 1. The van der Waals surface area contributed by atoms with Crippen molar-refractivity contribution in [3.63, 3.8) is 0 Å². The van der Waals surface area contributed by atoms with E-state index in [1.807, 2.05) is 6.07 Å². The number of benzene rings is 1. The maximum atomic E-state index is 11.8. The highest BCUT2D eigenvalue weighted by atomic mass is 16.5. The molecule has 2 radical (unpaired) electrons. The smallest absolute Gasteiger partial charge is 0.355 e. The summed E-state index contributed by atoms with van der Waals surface area (Å²) in [6.45, 7) is 2.14. The van der Waals surface area contributed by atoms with E-state index in [-0.39, 0.29) is 6.54 Å². The van der Waals surface area contributed by atoms with Crippen molar-refractivity contribution in [2.75, 3.05) is 6.61 Å². The van der Waals surface area contributed by atoms with Crippen LogP contribution >= 0.6 is 0 Å². The number of esters is 1. The Labute approximate surface area is 106 Å². The van der Waals surface area contributed by atoms with Crippen molar-refractivity contribution in [3.05, 3.63) is 30.0 Å². The fourth-order valence-electron chi connectivity index (χ4n) is 1.90. The van der Waals surface area contributed by atoms with Crippen molar-refractivity contribution in [2.45, 2.75) is 13.5 Å². The molecule has 0 bridgehead atoms. The first kappa shape index (κ1) is 12.2. The summed E-state index contributed by atoms with van der Waals surface area (Å²) in [6.07, 6.45) is 0. The van der Waals surface area contributed by atoms with Gasteiger partial charge in [-0.05, 0) is 24.4 Å². The Morgan fingerprint density at radius 1 is 1.50 bits per heavy atom. The molecule has 0 saturated carbocycles. The van der Waals surface area contributed by atoms with Gasteiger partial charge >= 0.3 is 5.97 Å². The molecule has 1 aromatic carbocycles. The zero-order valence-corrected chi connectivity index (χ0v) is 10.0. The number of carbonyl (C=O) groups is 1. The van der Waals surface area contributed by atoms with Crippen LogP contribution in [0.1, 0.15) is 17.4 Å². The van der Waals surface area contributed by atoms with Crippen LogP contribution in [0.3, 0.4) is 0 Å². The van der Waals surface area contributed by atoms with E-state index in [2.05, 4.69) is 0 Å². The fourth-order valence-corrected chi connectivity index (χ4v) is 1.90. The summed E-state index contributed by atoms with van der Waals surface area (Å²) in [4.78, 5) is 11.8. The fraction of sp³-hybridized carbons (Fsp3) is 0.231. The van der Waals surface area contributed by atoms with Crippen LogP contribution in [-0.2, 0) is 11.3 Å². The van der Waals surface area contributed by atoms with E-state index < -0.39 is 5.97 Å². The Balaban J connectivity index is 2.61. The van der Waals surface area contributed by atoms with E-state index in [9.17, 15) is 4.79 Å². The molecule has 0 unspecified atom stereocenters. The van der Waals surface area contributed by atoms with Crippen molar-refractivity contribution < 1.29 is 9.53 Å². The van der Waals surface area contributed by atoms with E-state index in [1.165, 1.54) is 0 Å². The lowest BCUT2D eigenvalue weighted by Gasteiger charge is -2.05. The zero-order valence-electron chi connectivity index (χ0n) is 10.0. The van der Waals surface area contributed by atoms with Crippen LogP contribution in [0.5, 0.6) is 0 Å². The van der Waals surface area contributed by atoms with Crippen LogP contribution in [0, 0.1) is 11.3 Å². The zero-order chi connectivity index (χ0) is 13.1. The summed E-state index contributed by atoms with van der Waals surface area (Å²) in [5.41, 5.74) is 1.79. The second kappa shape index (κ2) is 4.97. The number of aromatic nitrogens is 1. The molecule has 18 heavy (non-hydrogen) atoms. The van der Waals surface area contributed by atoms with Crippen molar-refractivity contribution >= 4 is 30.2 Å². The second-order valence-electron chi connectivity index (χ2n) is 3.81. The van der Waals surface area contributed by atoms with Crippen LogP contribution in [0.2, 0.25) is 0 Å². The van der Waals surface area contributed by atoms with Gasteiger partial charge in [-0.25, -0.2) is 4.79 Å². The van der Waals surface area contributed by atoms with Gasteiger partial charge in [-0.15, -0.1) is 0 Å². The molecule has 0 atom stereocenters. The van der Waals surface area contributed by atoms with Gasteiger partial charge in [-0.3, -0.25) is 0 Å². The Bertz CT molecular complexity index is 640. The quantitative estimate of drug-likeness (QED) is 0.595. The van der Waals surface area contributed by atoms with Gasteiger partial charge in [0.15, 0.2) is 0 Å². The molecule has 0 fully saturated rings. The SMILES string of the molecule is [B]c1ccc2c(c1)cc(C(=O)OCC)n2CC#N. The van der Waals surface area contributed by atoms with Gasteiger partial charge in [0.25, 0.3) is 0 Å². The molecular formula is C13H11BN2O2. The summed E-state index contributed by atoms with van der Waals surface area (Å²) in [5, 5.41) is 9.67. The van der Waals surface area contributed by atoms with Gasteiger partial charge in [0.1, 0.15) is 20.1 Å². The lowest BCUT2D eigenvalue weighted by molar-refractivity contribution is 0.0515. The molecule has 1 heterocycles. The molecule has 88 valence electrons. The molecule has 0 aliphatic heterocycles. The number of nitriles is 1. The predicted molar refractivity (Wildman–Crippen MR) is 68.9 cm³/mol. The molecule has 0 N–H and O–H groups in total. The normalized spacial score (nSPS) is 10.2. The van der Waals surface area contributed by atoms with Gasteiger partial charge < -0.3 is 9.30 Å². The van der Waals surface area contributed by atoms with Crippen molar-refractivity contribution in [3.8, 4) is 6.07 Å². The first-order chi connectivity index (χ1) is 8.67. The number of nitrogens with zero attached hydrogens (tertiary/aromatic N) is 2. The lowest BCUT2D eigenvalue weighted by atomic mass is 9.95. The molecule has 0 saturated heterocycles. The maximum absolute atomic E-state index is 11.8. The van der Waals surface area contributed by atoms with Crippen molar-refractivity contribution in [2.24, 2.45) is 0 Å². The molecule has 0 aliphatic carbocycles. The van der Waals surface area contributed by atoms with Crippen LogP contribution in [0.25, 0.3) is 10.9 Å². The monoisotopic (exact) mass is 238 g/mol. The first-order valence-corrected chi connectivity index (χ1v) is 5.60. The average Bonchev–Trinajstić information content (AvgIpc) is 2.68. The topological polar surface area (TPSA) is 55.0 Å². The highest BCUT2D eigenvalue weighted by Crippen LogP contribution is 2.19. The Hall–Kier alpha value is -2.22. The molecule has 4 nitrogen and oxygen atoms in total. The number of hydrogen-bond donors (Lipinski definition) is 0. The third kappa shape index (κ3) is 2.10. The minimum Gasteiger partial charge on any atom is -0.461 e. The molecule has 0 amide bonds. The average molecular weight is 238 g/mol. The third-order valence-electron chi connectivity index (χ3n) is 2.64. The van der Waals surface area contributed by atoms with Crippen molar-refractivity contribution in [1.29, 1.82) is 5.26 Å². The van der Waals surface area contributed by atoms with Gasteiger partial charge in [-0.2, -0.15) is 5.26 Å². The second-order valence-corrected chi connectivity index (χ2v) is 3.81. The molecule has 0 spiro atoms. The van der Waals surface area contributed by atoms with E-state index in [0.29, 0.717) is 17.8 Å². The van der Waals surface area contributed by atoms with Crippen LogP contribution < -0.4 is 5.46 Å². The van der Waals surface area contributed by atoms with Gasteiger partial charge in [0, 0.05) is 5.52 Å². The van der Waals surface area contributed by atoms with Crippen LogP contribution in [-0.4, -0.2) is 25.0 Å². The molecule has 2 rings (SSSR count). The summed E-state index contributed by atoms with van der Waals surface area (Å²) < 4.78 is 6.61. The van der Waals surface area contributed by atoms with E-state index >= 15 is 0 Å². The molecule has 5 heteroatoms. The standard InChI is InChI=1S/C13H11BN2O2/c1-2-18-13(17)12-8-9-7-10(14)3-4-11(9)16(12)6-5-15/h3-4,7-8H,2,6H2,1H3. The highest BCUT2D eigenvalue weighted by Gasteiger charge is 2.16. The molecular weight excluding hydrogens is 227 g/mol. The van der Waals surface area contributed by atoms with Gasteiger partial charge in [0.05, 0.1) is 12.7 Å². The van der Waals surface area contributed by atoms with Crippen LogP contribution in [0.15, 0.2) is 24.3 Å². The summed E-state index contributed by atoms with van der Waals surface area (Å²) >= 11 is 0. The Morgan fingerprint density at radius 3 is 2.94 bits per heavy atom. The van der Waals surface area contributed by atoms with Gasteiger partial charge in [0.2, 0.25) is 0 Å². The predicted octanol–water partition coefficient (Wildman–Crippen LogP) is 1.14. The number of rotatable bonds is 3. The summed E-state index contributed by atoms with van der Waals surface area (Å²) in [6, 6.07) is 9.04. The first-order valence-electron chi connectivity index (χ1n) is 5.60. The summed E-state index contributed by atoms with van der Waals surface area (Å²) in [5.74, 6) is -0.428. The van der Waals surface area contributed by atoms with Gasteiger partial charge in [-0.1, -0.05) is 17.6 Å². The lowest BCUT2D eigenvalue weighted by Crippen LogP contribution is -2.11. The largest absolute Gasteiger partial charge is 0.461 e. The minimum absolute atomic E-state index is 0.0988. The highest BCUT2D eigenvalue weighted by molar-refractivity contribution is 6.33. The molecule has 0 aliphatic rings. The molecule has 1 aromatic heterocycles. The maximum Gasteiger partial charge on any atom is 0.355 e. The van der Waals surface area contributed by atoms with Crippen molar-refractivity contribution in [1.82, 2.24) is 4.57 Å². The van der Waals surface area contributed by atoms with Crippen LogP contribution in [0.4, 0.5) is 0 Å². The number of carbonyl (C=O) groups excluding carboxylic acids is 1. The minimum atomic E-state index is -0.428. The van der Waals surface area contributed by atoms with E-state index in [0.717, 1.165) is 10.9 Å². The number of hydrogen-bond acceptors (Lipinski definition) is 3. The Morgan fingerprint density at radius 2 is 2.28 bits per heavy atom. The molecule has 2 aromatic rings. The Kier molecular flexibility index (Phi) is 3.38.